The Morgan fingerprint density at radius 1 is 1.24 bits per heavy atom. The first-order chi connectivity index (χ1) is 11.7. The molecule has 1 aromatic rings. The van der Waals surface area contributed by atoms with Crippen molar-refractivity contribution in [3.05, 3.63) is 35.4 Å². The predicted molar refractivity (Wildman–Crippen MR) is 94.0 cm³/mol. The Morgan fingerprint density at radius 3 is 2.36 bits per heavy atom. The fraction of sp³-hybridized carbons (Fsp3) is 0.267. The van der Waals surface area contributed by atoms with E-state index in [1.165, 1.54) is 30.5 Å². The summed E-state index contributed by atoms with van der Waals surface area (Å²) in [6.45, 7) is -0.306. The van der Waals surface area contributed by atoms with Crippen LogP contribution in [-0.2, 0) is 16.1 Å². The van der Waals surface area contributed by atoms with E-state index in [1.807, 2.05) is 22.6 Å². The molecule has 0 saturated heterocycles. The van der Waals surface area contributed by atoms with Gasteiger partial charge in [0.15, 0.2) is 3.92 Å². The minimum atomic E-state index is -1.27. The maximum Gasteiger partial charge on any atom is 0.500 e. The minimum absolute atomic E-state index is 0.0519. The van der Waals surface area contributed by atoms with Crippen LogP contribution in [-0.4, -0.2) is 66.3 Å². The Morgan fingerprint density at radius 2 is 1.84 bits per heavy atom. The monoisotopic (exact) mass is 460 g/mol. The number of imide groups is 1. The van der Waals surface area contributed by atoms with E-state index in [4.69, 9.17) is 15.9 Å². The average molecular weight is 460 g/mol. The van der Waals surface area contributed by atoms with Gasteiger partial charge in [-0.2, -0.15) is 14.3 Å². The predicted octanol–water partition coefficient (Wildman–Crippen LogP) is 0.146. The summed E-state index contributed by atoms with van der Waals surface area (Å²) in [6.07, 6.45) is 1.35. The zero-order valence-electron chi connectivity index (χ0n) is 12.8. The number of aliphatic carboxylic acids is 1. The van der Waals surface area contributed by atoms with Crippen molar-refractivity contribution in [2.45, 2.75) is 16.5 Å². The summed E-state index contributed by atoms with van der Waals surface area (Å²) in [5.41, 5.74) is 6.12. The van der Waals surface area contributed by atoms with Gasteiger partial charge in [0.1, 0.15) is 19.1 Å². The second-order valence-corrected chi connectivity index (χ2v) is 6.70. The van der Waals surface area contributed by atoms with Gasteiger partial charge in [0.2, 0.25) is 0 Å². The molecule has 0 fully saturated rings. The maximum atomic E-state index is 12.5. The van der Waals surface area contributed by atoms with Crippen molar-refractivity contribution in [3.8, 4) is 0 Å². The number of alkyl halides is 1. The summed E-state index contributed by atoms with van der Waals surface area (Å²) in [6, 6.07) is 3.84. The normalized spacial score (nSPS) is 18.7. The number of hydrogen-bond acceptors (Lipinski definition) is 5. The summed E-state index contributed by atoms with van der Waals surface area (Å²) in [4.78, 5) is 47.5. The van der Waals surface area contributed by atoms with Crippen molar-refractivity contribution < 1.29 is 34.0 Å². The van der Waals surface area contributed by atoms with E-state index < -0.39 is 33.8 Å². The summed E-state index contributed by atoms with van der Waals surface area (Å²) >= 11 is 1.84. The minimum Gasteiger partial charge on any atom is -0.480 e. The molecule has 10 heteroatoms. The fourth-order valence-electron chi connectivity index (χ4n) is 2.19. The third-order valence-electron chi connectivity index (χ3n) is 3.54. The molecule has 2 rings (SSSR count). The Kier molecular flexibility index (Phi) is 5.85. The number of hydrogen-bond donors (Lipinski definition) is 3. The first kappa shape index (κ1) is 19.0. The lowest BCUT2D eigenvalue weighted by Crippen LogP contribution is -2.54. The van der Waals surface area contributed by atoms with Crippen molar-refractivity contribution >= 4 is 52.7 Å². The number of aromatic carboxylic acids is 1. The lowest BCUT2D eigenvalue weighted by atomic mass is 10.1. The van der Waals surface area contributed by atoms with Crippen LogP contribution in [0.2, 0.25) is 0 Å². The maximum absolute atomic E-state index is 12.5. The highest BCUT2D eigenvalue weighted by Crippen LogP contribution is 2.16. The largest absolute Gasteiger partial charge is 0.500 e. The molecule has 1 aliphatic rings. The number of urea groups is 1. The van der Waals surface area contributed by atoms with E-state index in [2.05, 4.69) is 0 Å². The van der Waals surface area contributed by atoms with Gasteiger partial charge in [-0.25, -0.2) is 9.59 Å². The molecular formula is C15H15IN3O6+. The van der Waals surface area contributed by atoms with Gasteiger partial charge in [-0.15, -0.1) is 0 Å². The van der Waals surface area contributed by atoms with Crippen LogP contribution >= 0.6 is 22.6 Å². The molecule has 0 radical (unpaired) electrons. The molecular weight excluding hydrogens is 445 g/mol. The quantitative estimate of drug-likeness (QED) is 0.312. The van der Waals surface area contributed by atoms with Crippen LogP contribution in [0.1, 0.15) is 15.9 Å². The smallest absolute Gasteiger partial charge is 0.480 e. The fourth-order valence-corrected chi connectivity index (χ4v) is 2.92. The van der Waals surface area contributed by atoms with Crippen LogP contribution < -0.4 is 5.73 Å². The van der Waals surface area contributed by atoms with Crippen LogP contribution in [0.3, 0.4) is 0 Å². The van der Waals surface area contributed by atoms with Gasteiger partial charge in [-0.1, -0.05) is 34.7 Å². The van der Waals surface area contributed by atoms with Gasteiger partial charge < -0.3 is 15.9 Å². The number of amides is 3. The molecule has 0 aromatic heterocycles. The molecule has 0 aliphatic carbocycles. The molecule has 25 heavy (non-hydrogen) atoms. The van der Waals surface area contributed by atoms with Crippen molar-refractivity contribution in [3.63, 3.8) is 0 Å². The third-order valence-corrected chi connectivity index (χ3v) is 4.40. The van der Waals surface area contributed by atoms with E-state index in [-0.39, 0.29) is 18.7 Å². The van der Waals surface area contributed by atoms with Crippen LogP contribution in [0, 0.1) is 0 Å². The van der Waals surface area contributed by atoms with E-state index in [0.717, 1.165) is 9.48 Å². The highest BCUT2D eigenvalue weighted by Gasteiger charge is 2.42. The first-order valence-corrected chi connectivity index (χ1v) is 8.37. The Balaban J connectivity index is 2.20. The Bertz CT molecular complexity index is 761. The average Bonchev–Trinajstić information content (AvgIpc) is 2.56. The van der Waals surface area contributed by atoms with Gasteiger partial charge in [-0.3, -0.25) is 4.79 Å². The molecule has 9 nitrogen and oxygen atoms in total. The summed E-state index contributed by atoms with van der Waals surface area (Å²) in [7, 11) is 0. The van der Waals surface area contributed by atoms with E-state index in [9.17, 15) is 19.2 Å². The lowest BCUT2D eigenvalue weighted by molar-refractivity contribution is -0.435. The van der Waals surface area contributed by atoms with Gasteiger partial charge in [0.25, 0.3) is 0 Å². The molecule has 2 atom stereocenters. The number of carboxylic acids is 2. The second kappa shape index (κ2) is 7.70. The van der Waals surface area contributed by atoms with Crippen LogP contribution in [0.25, 0.3) is 0 Å². The van der Waals surface area contributed by atoms with Gasteiger partial charge >= 0.3 is 23.9 Å². The topological polar surface area (TPSA) is 141 Å². The van der Waals surface area contributed by atoms with E-state index >= 15 is 0 Å². The highest BCUT2D eigenvalue weighted by atomic mass is 127. The Hall–Kier alpha value is -2.34. The van der Waals surface area contributed by atoms with Gasteiger partial charge in [0.05, 0.1) is 11.8 Å². The SMILES string of the molecule is NC(C[N+]1=CC(I)C(=O)N(Cc2ccc(C(=O)O)cc2)C1=O)C(=O)O. The van der Waals surface area contributed by atoms with Crippen molar-refractivity contribution in [2.75, 3.05) is 6.54 Å². The molecule has 1 aliphatic heterocycles. The first-order valence-electron chi connectivity index (χ1n) is 7.12. The number of benzene rings is 1. The molecule has 132 valence electrons. The molecule has 0 saturated carbocycles. The van der Waals surface area contributed by atoms with Crippen molar-refractivity contribution in [1.82, 2.24) is 4.90 Å². The zero-order chi connectivity index (χ0) is 18.7. The number of carbonyl (C=O) groups excluding carboxylic acids is 2. The van der Waals surface area contributed by atoms with Crippen LogP contribution in [0.5, 0.6) is 0 Å². The molecule has 0 spiro atoms. The molecule has 3 amide bonds. The molecule has 4 N–H and O–H groups in total. The molecule has 1 aromatic carbocycles. The third kappa shape index (κ3) is 4.39. The highest BCUT2D eigenvalue weighted by molar-refractivity contribution is 14.1. The summed E-state index contributed by atoms with van der Waals surface area (Å²) < 4.78 is 0.470. The Labute approximate surface area is 155 Å². The number of carbonyl (C=O) groups is 4. The molecule has 2 unspecified atom stereocenters. The van der Waals surface area contributed by atoms with Crippen molar-refractivity contribution in [2.24, 2.45) is 5.73 Å². The van der Waals surface area contributed by atoms with E-state index in [0.29, 0.717) is 5.56 Å². The van der Waals surface area contributed by atoms with Gasteiger partial charge in [-0.05, 0) is 17.7 Å². The summed E-state index contributed by atoms with van der Waals surface area (Å²) in [5, 5.41) is 17.8. The van der Waals surface area contributed by atoms with Crippen molar-refractivity contribution in [1.29, 1.82) is 0 Å². The van der Waals surface area contributed by atoms with Crippen LogP contribution in [0.15, 0.2) is 24.3 Å². The standard InChI is InChI=1S/C15H14IN3O6/c16-10-6-18(7-11(17)14(23)24)15(25)19(12(10)20)5-8-1-3-9(4-2-8)13(21)22/h1-4,6,10-11H,5,7,17H2,(H-,21,22,23,24)/p+1. The molecule has 1 heterocycles. The number of carboxylic acid groups (broad SMARTS) is 2. The second-order valence-electron chi connectivity index (χ2n) is 5.36. The lowest BCUT2D eigenvalue weighted by Gasteiger charge is -2.22. The van der Waals surface area contributed by atoms with E-state index in [1.54, 1.807) is 0 Å². The summed E-state index contributed by atoms with van der Waals surface area (Å²) in [5.74, 6) is -2.76. The number of nitrogens with zero attached hydrogens (tertiary/aromatic N) is 2. The van der Waals surface area contributed by atoms with Gasteiger partial charge in [0, 0.05) is 0 Å². The number of nitrogens with two attached hydrogens (primary N) is 1. The number of rotatable bonds is 6. The number of halogens is 1. The zero-order valence-corrected chi connectivity index (χ0v) is 15.0. The molecule has 0 bridgehead atoms. The van der Waals surface area contributed by atoms with Crippen LogP contribution in [0.4, 0.5) is 4.79 Å².